The number of rotatable bonds is 57. The Bertz CT molecular complexity index is 1120. The number of amides is 1. The molecule has 3 N–H and O–H groups in total. The zero-order chi connectivity index (χ0) is 50.0. The Hall–Kier alpha value is -1.92. The molecule has 1 amide bonds. The first-order chi connectivity index (χ1) is 34.0. The van der Waals surface area contributed by atoms with Crippen molar-refractivity contribution in [2.75, 3.05) is 13.2 Å². The summed E-state index contributed by atoms with van der Waals surface area (Å²) in [6.45, 7) is 4.87. The second kappa shape index (κ2) is 58.6. The third-order valence-electron chi connectivity index (χ3n) is 14.1. The van der Waals surface area contributed by atoms with E-state index in [0.29, 0.717) is 19.4 Å². The molecular formula is C63H119NO5. The van der Waals surface area contributed by atoms with Crippen LogP contribution in [-0.2, 0) is 14.3 Å². The van der Waals surface area contributed by atoms with Gasteiger partial charge >= 0.3 is 5.97 Å². The maximum Gasteiger partial charge on any atom is 0.305 e. The quantitative estimate of drug-likeness (QED) is 0.0321. The van der Waals surface area contributed by atoms with Crippen LogP contribution in [-0.4, -0.2) is 47.4 Å². The van der Waals surface area contributed by atoms with Gasteiger partial charge in [0.1, 0.15) is 0 Å². The molecule has 6 nitrogen and oxygen atoms in total. The number of carbonyl (C=O) groups excluding carboxylic acids is 2. The first-order valence-corrected chi connectivity index (χ1v) is 30.8. The van der Waals surface area contributed by atoms with Gasteiger partial charge in [0.05, 0.1) is 25.4 Å². The molecule has 406 valence electrons. The fourth-order valence-corrected chi connectivity index (χ4v) is 9.38. The summed E-state index contributed by atoms with van der Waals surface area (Å²) in [5.74, 6) is -0.0662. The monoisotopic (exact) mass is 970 g/mol. The maximum absolute atomic E-state index is 12.5. The second-order valence-corrected chi connectivity index (χ2v) is 21.0. The molecule has 69 heavy (non-hydrogen) atoms. The van der Waals surface area contributed by atoms with E-state index in [1.54, 1.807) is 6.08 Å². The molecule has 6 heteroatoms. The molecule has 2 atom stereocenters. The first-order valence-electron chi connectivity index (χ1n) is 30.8. The molecule has 2 unspecified atom stereocenters. The number of hydrogen-bond donors (Lipinski definition) is 3. The molecular weight excluding hydrogens is 851 g/mol. The van der Waals surface area contributed by atoms with E-state index < -0.39 is 12.1 Å². The predicted octanol–water partition coefficient (Wildman–Crippen LogP) is 19.2. The van der Waals surface area contributed by atoms with Crippen LogP contribution in [0.15, 0.2) is 36.5 Å². The number of hydrogen-bond acceptors (Lipinski definition) is 5. The number of allylic oxidation sites excluding steroid dienone is 5. The van der Waals surface area contributed by atoms with Gasteiger partial charge in [-0.1, -0.05) is 275 Å². The van der Waals surface area contributed by atoms with Crippen LogP contribution < -0.4 is 5.32 Å². The van der Waals surface area contributed by atoms with E-state index in [0.717, 1.165) is 44.9 Å². The van der Waals surface area contributed by atoms with Gasteiger partial charge in [-0.05, 0) is 77.0 Å². The zero-order valence-electron chi connectivity index (χ0n) is 46.3. The predicted molar refractivity (Wildman–Crippen MR) is 301 cm³/mol. The molecule has 0 saturated carbocycles. The van der Waals surface area contributed by atoms with Gasteiger partial charge in [-0.15, -0.1) is 0 Å². The average Bonchev–Trinajstić information content (AvgIpc) is 3.35. The van der Waals surface area contributed by atoms with E-state index in [1.807, 2.05) is 6.08 Å². The van der Waals surface area contributed by atoms with E-state index >= 15 is 0 Å². The lowest BCUT2D eigenvalue weighted by molar-refractivity contribution is -0.143. The van der Waals surface area contributed by atoms with Crippen molar-refractivity contribution in [1.29, 1.82) is 0 Å². The summed E-state index contributed by atoms with van der Waals surface area (Å²) in [4.78, 5) is 24.4. The number of aliphatic hydroxyl groups excluding tert-OH is 2. The van der Waals surface area contributed by atoms with Crippen molar-refractivity contribution in [3.8, 4) is 0 Å². The van der Waals surface area contributed by atoms with Gasteiger partial charge in [0.15, 0.2) is 0 Å². The molecule has 0 aromatic rings. The van der Waals surface area contributed by atoms with Crippen LogP contribution in [0.4, 0.5) is 0 Å². The Kier molecular flexibility index (Phi) is 57.0. The summed E-state index contributed by atoms with van der Waals surface area (Å²) in [6.07, 6.45) is 73.3. The minimum Gasteiger partial charge on any atom is -0.466 e. The summed E-state index contributed by atoms with van der Waals surface area (Å²) in [6, 6.07) is -0.629. The van der Waals surface area contributed by atoms with E-state index in [-0.39, 0.29) is 18.5 Å². The molecule has 0 aromatic carbocycles. The van der Waals surface area contributed by atoms with Crippen molar-refractivity contribution < 1.29 is 24.5 Å². The smallest absolute Gasteiger partial charge is 0.305 e. The minimum absolute atomic E-state index is 0.00261. The zero-order valence-corrected chi connectivity index (χ0v) is 46.3. The normalized spacial score (nSPS) is 12.8. The molecule has 0 aliphatic carbocycles. The maximum atomic E-state index is 12.5. The minimum atomic E-state index is -0.845. The first kappa shape index (κ1) is 67.1. The van der Waals surface area contributed by atoms with Gasteiger partial charge in [0.25, 0.3) is 0 Å². The van der Waals surface area contributed by atoms with Crippen molar-refractivity contribution in [3.05, 3.63) is 36.5 Å². The number of aliphatic hydroxyl groups is 2. The highest BCUT2D eigenvalue weighted by Crippen LogP contribution is 2.17. The fourth-order valence-electron chi connectivity index (χ4n) is 9.38. The van der Waals surface area contributed by atoms with Crippen LogP contribution in [0, 0.1) is 0 Å². The molecule has 0 aromatic heterocycles. The molecule has 0 spiro atoms. The third-order valence-corrected chi connectivity index (χ3v) is 14.1. The van der Waals surface area contributed by atoms with Gasteiger partial charge in [-0.25, -0.2) is 0 Å². The molecule has 0 heterocycles. The highest BCUT2D eigenvalue weighted by molar-refractivity contribution is 5.76. The van der Waals surface area contributed by atoms with E-state index in [9.17, 15) is 19.8 Å². The molecule has 0 rings (SSSR count). The van der Waals surface area contributed by atoms with E-state index in [2.05, 4.69) is 43.5 Å². The number of esters is 1. The van der Waals surface area contributed by atoms with Gasteiger partial charge in [-0.3, -0.25) is 9.59 Å². The standard InChI is InChI=1S/C63H119NO5/c1-3-5-7-9-11-13-15-16-29-32-36-39-43-47-51-55-61(66)60(59-65)64-62(67)56-52-48-44-40-37-33-30-27-25-23-21-19-17-18-20-22-24-26-28-31-34-38-42-46-50-54-58-69-63(68)57-53-49-45-41-35-14-12-10-8-6-4-2/h10,12,17,19,51,55,60-61,65-66H,3-9,11,13-16,18,20-50,52-54,56-59H2,1-2H3,(H,64,67)/b12-10-,19-17-,55-51+. The fraction of sp³-hybridized carbons (Fsp3) is 0.873. The van der Waals surface area contributed by atoms with Gasteiger partial charge in [-0.2, -0.15) is 0 Å². The Morgan fingerprint density at radius 3 is 1.07 bits per heavy atom. The van der Waals surface area contributed by atoms with E-state index in [4.69, 9.17) is 4.74 Å². The highest BCUT2D eigenvalue weighted by Gasteiger charge is 2.18. The van der Waals surface area contributed by atoms with Crippen LogP contribution >= 0.6 is 0 Å². The summed E-state index contributed by atoms with van der Waals surface area (Å²) < 4.78 is 5.46. The van der Waals surface area contributed by atoms with Crippen molar-refractivity contribution in [2.45, 2.75) is 341 Å². The van der Waals surface area contributed by atoms with Crippen LogP contribution in [0.5, 0.6) is 0 Å². The van der Waals surface area contributed by atoms with Crippen LogP contribution in [0.3, 0.4) is 0 Å². The Balaban J connectivity index is 3.42. The molecule has 0 bridgehead atoms. The average molecular weight is 971 g/mol. The topological polar surface area (TPSA) is 95.9 Å². The number of unbranched alkanes of at least 4 members (excludes halogenated alkanes) is 42. The van der Waals surface area contributed by atoms with Crippen molar-refractivity contribution in [2.24, 2.45) is 0 Å². The van der Waals surface area contributed by atoms with Crippen LogP contribution in [0.25, 0.3) is 0 Å². The Labute approximate surface area is 430 Å². The SMILES string of the molecule is CCCC/C=C\CCCCCCCC(=O)OCCCCCCCCCCCCCC/C=C\CCCCCCCCCCCCC(=O)NC(CO)C(O)/C=C/CCCCCCCCCCCCCCC. The van der Waals surface area contributed by atoms with Crippen molar-refractivity contribution in [1.82, 2.24) is 5.32 Å². The molecule has 0 fully saturated rings. The summed E-state index contributed by atoms with van der Waals surface area (Å²) in [5, 5.41) is 23.1. The summed E-state index contributed by atoms with van der Waals surface area (Å²) in [5.41, 5.74) is 0. The van der Waals surface area contributed by atoms with Gasteiger partial charge in [0.2, 0.25) is 5.91 Å². The number of carbonyl (C=O) groups is 2. The molecule has 0 radical (unpaired) electrons. The Morgan fingerprint density at radius 2 is 0.696 bits per heavy atom. The number of nitrogens with one attached hydrogen (secondary N) is 1. The summed E-state index contributed by atoms with van der Waals surface area (Å²) >= 11 is 0. The summed E-state index contributed by atoms with van der Waals surface area (Å²) in [7, 11) is 0. The lowest BCUT2D eigenvalue weighted by atomic mass is 10.0. The largest absolute Gasteiger partial charge is 0.466 e. The van der Waals surface area contributed by atoms with E-state index in [1.165, 1.54) is 257 Å². The van der Waals surface area contributed by atoms with Crippen molar-refractivity contribution >= 4 is 11.9 Å². The van der Waals surface area contributed by atoms with Gasteiger partial charge in [0, 0.05) is 12.8 Å². The van der Waals surface area contributed by atoms with Crippen LogP contribution in [0.2, 0.25) is 0 Å². The van der Waals surface area contributed by atoms with Crippen molar-refractivity contribution in [3.63, 3.8) is 0 Å². The lowest BCUT2D eigenvalue weighted by Gasteiger charge is -2.20. The van der Waals surface area contributed by atoms with Crippen LogP contribution in [0.1, 0.15) is 328 Å². The lowest BCUT2D eigenvalue weighted by Crippen LogP contribution is -2.45. The number of ether oxygens (including phenoxy) is 1. The van der Waals surface area contributed by atoms with Gasteiger partial charge < -0.3 is 20.3 Å². The third kappa shape index (κ3) is 55.2. The molecule has 0 aliphatic heterocycles. The highest BCUT2D eigenvalue weighted by atomic mass is 16.5. The molecule has 0 aliphatic rings. The second-order valence-electron chi connectivity index (χ2n) is 21.0. The Morgan fingerprint density at radius 1 is 0.391 bits per heavy atom. The molecule has 0 saturated heterocycles.